The van der Waals surface area contributed by atoms with Gasteiger partial charge in [-0.15, -0.1) is 0 Å². The fourth-order valence-corrected chi connectivity index (χ4v) is 1.05. The van der Waals surface area contributed by atoms with E-state index in [2.05, 4.69) is 4.98 Å². The fraction of sp³-hybridized carbons (Fsp3) is 0.375. The van der Waals surface area contributed by atoms with E-state index in [9.17, 15) is 8.78 Å². The molecule has 0 aliphatic rings. The summed E-state index contributed by atoms with van der Waals surface area (Å²) in [7, 11) is 0. The summed E-state index contributed by atoms with van der Waals surface area (Å²) in [6.07, 6.45) is 2.17. The van der Waals surface area contributed by atoms with Crippen LogP contribution >= 0.6 is 11.6 Å². The molecule has 0 atom stereocenters. The Morgan fingerprint density at radius 3 is 2.75 bits per heavy atom. The Hall–Kier alpha value is -0.700. The number of aromatic nitrogens is 1. The topological polar surface area (TPSA) is 12.9 Å². The molecule has 0 saturated heterocycles. The number of hydrogen-bond donors (Lipinski definition) is 0. The van der Waals surface area contributed by atoms with Crippen molar-refractivity contribution in [2.45, 2.75) is 19.8 Å². The normalized spacial score (nSPS) is 10.3. The lowest BCUT2D eigenvalue weighted by Gasteiger charge is -2.01. The van der Waals surface area contributed by atoms with Crippen LogP contribution in [-0.2, 0) is 6.42 Å². The second-order valence-electron chi connectivity index (χ2n) is 2.43. The van der Waals surface area contributed by atoms with E-state index in [-0.39, 0.29) is 5.69 Å². The standard InChI is InChI=1S/C8H8ClF2N/c1-2-3-6-8(11)7(9)5(10)4-12-6/h4H,2-3H2,1H3. The highest BCUT2D eigenvalue weighted by Gasteiger charge is 2.11. The summed E-state index contributed by atoms with van der Waals surface area (Å²) >= 11 is 5.33. The van der Waals surface area contributed by atoms with Crippen LogP contribution in [0.25, 0.3) is 0 Å². The third-order valence-corrected chi connectivity index (χ3v) is 1.82. The van der Waals surface area contributed by atoms with Crippen molar-refractivity contribution < 1.29 is 8.78 Å². The summed E-state index contributed by atoms with van der Waals surface area (Å²) in [5, 5.41) is -0.464. The first kappa shape index (κ1) is 9.39. The molecule has 0 spiro atoms. The number of halogens is 3. The number of aryl methyl sites for hydroxylation is 1. The van der Waals surface area contributed by atoms with Crippen molar-refractivity contribution in [2.75, 3.05) is 0 Å². The van der Waals surface area contributed by atoms with Crippen molar-refractivity contribution in [2.24, 2.45) is 0 Å². The van der Waals surface area contributed by atoms with Crippen molar-refractivity contribution in [3.8, 4) is 0 Å². The molecule has 12 heavy (non-hydrogen) atoms. The Balaban J connectivity index is 3.08. The quantitative estimate of drug-likeness (QED) is 0.701. The molecule has 0 radical (unpaired) electrons. The third-order valence-electron chi connectivity index (χ3n) is 1.48. The van der Waals surface area contributed by atoms with Crippen LogP contribution in [0.3, 0.4) is 0 Å². The minimum atomic E-state index is -0.811. The SMILES string of the molecule is CCCc1ncc(F)c(Cl)c1F. The van der Waals surface area contributed by atoms with Gasteiger partial charge in [0.2, 0.25) is 0 Å². The Morgan fingerprint density at radius 1 is 1.50 bits per heavy atom. The van der Waals surface area contributed by atoms with Gasteiger partial charge in [-0.2, -0.15) is 0 Å². The predicted molar refractivity (Wildman–Crippen MR) is 43.2 cm³/mol. The second-order valence-corrected chi connectivity index (χ2v) is 2.81. The Bertz CT molecular complexity index is 289. The first-order chi connectivity index (χ1) is 5.66. The maximum Gasteiger partial charge on any atom is 0.166 e. The molecular formula is C8H8ClF2N. The summed E-state index contributed by atoms with van der Waals surface area (Å²) in [4.78, 5) is 3.59. The van der Waals surface area contributed by atoms with Crippen LogP contribution in [0.5, 0.6) is 0 Å². The highest BCUT2D eigenvalue weighted by atomic mass is 35.5. The van der Waals surface area contributed by atoms with Gasteiger partial charge in [0.1, 0.15) is 5.02 Å². The monoisotopic (exact) mass is 191 g/mol. The van der Waals surface area contributed by atoms with Gasteiger partial charge in [-0.1, -0.05) is 24.9 Å². The molecule has 0 saturated carbocycles. The zero-order valence-electron chi connectivity index (χ0n) is 6.57. The van der Waals surface area contributed by atoms with E-state index >= 15 is 0 Å². The van der Waals surface area contributed by atoms with Gasteiger partial charge in [0.25, 0.3) is 0 Å². The first-order valence-corrected chi connectivity index (χ1v) is 4.03. The fourth-order valence-electron chi connectivity index (χ4n) is 0.891. The van der Waals surface area contributed by atoms with Crippen LogP contribution < -0.4 is 0 Å². The molecule has 1 heterocycles. The van der Waals surface area contributed by atoms with Crippen molar-refractivity contribution >= 4 is 11.6 Å². The zero-order valence-corrected chi connectivity index (χ0v) is 7.33. The molecule has 1 rings (SSSR count). The maximum absolute atomic E-state index is 13.0. The lowest BCUT2D eigenvalue weighted by atomic mass is 10.2. The van der Waals surface area contributed by atoms with E-state index < -0.39 is 16.7 Å². The lowest BCUT2D eigenvalue weighted by Crippen LogP contribution is -1.97. The van der Waals surface area contributed by atoms with Crippen LogP contribution in [0.4, 0.5) is 8.78 Å². The number of hydrogen-bond acceptors (Lipinski definition) is 1. The molecule has 1 aromatic heterocycles. The predicted octanol–water partition coefficient (Wildman–Crippen LogP) is 2.97. The largest absolute Gasteiger partial charge is 0.255 e. The molecule has 1 aromatic rings. The van der Waals surface area contributed by atoms with Crippen LogP contribution in [-0.4, -0.2) is 4.98 Å². The summed E-state index contributed by atoms with van der Waals surface area (Å²) in [6, 6.07) is 0. The molecule has 0 amide bonds. The van der Waals surface area contributed by atoms with Gasteiger partial charge in [0.15, 0.2) is 11.6 Å². The second kappa shape index (κ2) is 3.81. The molecule has 0 fully saturated rings. The van der Waals surface area contributed by atoms with E-state index in [1.165, 1.54) is 0 Å². The van der Waals surface area contributed by atoms with E-state index in [0.29, 0.717) is 6.42 Å². The molecule has 66 valence electrons. The number of nitrogens with zero attached hydrogens (tertiary/aromatic N) is 1. The van der Waals surface area contributed by atoms with Crippen LogP contribution in [0, 0.1) is 11.6 Å². The van der Waals surface area contributed by atoms with Gasteiger partial charge < -0.3 is 0 Å². The molecule has 0 N–H and O–H groups in total. The van der Waals surface area contributed by atoms with Crippen molar-refractivity contribution in [3.05, 3.63) is 28.5 Å². The molecule has 0 aliphatic heterocycles. The van der Waals surface area contributed by atoms with Gasteiger partial charge in [-0.25, -0.2) is 8.78 Å². The van der Waals surface area contributed by atoms with Gasteiger partial charge in [-0.05, 0) is 6.42 Å². The van der Waals surface area contributed by atoms with Crippen molar-refractivity contribution in [1.29, 1.82) is 0 Å². The minimum absolute atomic E-state index is 0.226. The summed E-state index contributed by atoms with van der Waals surface area (Å²) in [6.45, 7) is 1.89. The molecule has 0 aliphatic carbocycles. The Labute approximate surface area is 74.4 Å². The molecule has 1 nitrogen and oxygen atoms in total. The average Bonchev–Trinajstić information content (AvgIpc) is 2.07. The van der Waals surface area contributed by atoms with Gasteiger partial charge in [0.05, 0.1) is 11.9 Å². The minimum Gasteiger partial charge on any atom is -0.255 e. The molecular weight excluding hydrogens is 184 g/mol. The summed E-state index contributed by atoms with van der Waals surface area (Å²) < 4.78 is 25.6. The summed E-state index contributed by atoms with van der Waals surface area (Å²) in [5.74, 6) is -1.55. The van der Waals surface area contributed by atoms with Crippen LogP contribution in [0.1, 0.15) is 19.0 Å². The van der Waals surface area contributed by atoms with Gasteiger partial charge in [-0.3, -0.25) is 4.98 Å². The van der Waals surface area contributed by atoms with E-state index in [1.54, 1.807) is 0 Å². The molecule has 0 aromatic carbocycles. The lowest BCUT2D eigenvalue weighted by molar-refractivity contribution is 0.557. The summed E-state index contributed by atoms with van der Waals surface area (Å²) in [5.41, 5.74) is 0.226. The third kappa shape index (κ3) is 1.72. The highest BCUT2D eigenvalue weighted by molar-refractivity contribution is 6.30. The zero-order chi connectivity index (χ0) is 9.14. The Morgan fingerprint density at radius 2 is 2.17 bits per heavy atom. The van der Waals surface area contributed by atoms with E-state index in [4.69, 9.17) is 11.6 Å². The molecule has 4 heteroatoms. The van der Waals surface area contributed by atoms with Crippen LogP contribution in [0.2, 0.25) is 5.02 Å². The Kier molecular flexibility index (Phi) is 2.98. The number of rotatable bonds is 2. The van der Waals surface area contributed by atoms with Gasteiger partial charge >= 0.3 is 0 Å². The average molecular weight is 192 g/mol. The number of pyridine rings is 1. The van der Waals surface area contributed by atoms with Crippen molar-refractivity contribution in [3.63, 3.8) is 0 Å². The maximum atomic E-state index is 13.0. The van der Waals surface area contributed by atoms with E-state index in [0.717, 1.165) is 12.6 Å². The molecule has 0 unspecified atom stereocenters. The molecule has 0 bridgehead atoms. The highest BCUT2D eigenvalue weighted by Crippen LogP contribution is 2.20. The first-order valence-electron chi connectivity index (χ1n) is 3.65. The smallest absolute Gasteiger partial charge is 0.166 e. The van der Waals surface area contributed by atoms with Crippen molar-refractivity contribution in [1.82, 2.24) is 4.98 Å². The van der Waals surface area contributed by atoms with Crippen LogP contribution in [0.15, 0.2) is 6.20 Å². The van der Waals surface area contributed by atoms with Gasteiger partial charge in [0, 0.05) is 0 Å². The van der Waals surface area contributed by atoms with E-state index in [1.807, 2.05) is 6.92 Å².